The summed E-state index contributed by atoms with van der Waals surface area (Å²) < 4.78 is 6.79. The Morgan fingerprint density at radius 3 is 2.64 bits per heavy atom. The zero-order chi connectivity index (χ0) is 15.9. The Morgan fingerprint density at radius 1 is 1.27 bits per heavy atom. The van der Waals surface area contributed by atoms with Crippen LogP contribution in [0.15, 0.2) is 45.3 Å². The van der Waals surface area contributed by atoms with Crippen LogP contribution in [0.5, 0.6) is 0 Å². The van der Waals surface area contributed by atoms with Crippen LogP contribution < -0.4 is 5.32 Å². The Morgan fingerprint density at radius 2 is 2.00 bits per heavy atom. The molecule has 1 aromatic heterocycles. The molecule has 2 rings (SSSR count). The van der Waals surface area contributed by atoms with Crippen LogP contribution in [-0.4, -0.2) is 17.1 Å². The highest BCUT2D eigenvalue weighted by Crippen LogP contribution is 2.24. The van der Waals surface area contributed by atoms with E-state index in [1.165, 1.54) is 0 Å². The van der Waals surface area contributed by atoms with Gasteiger partial charge >= 0.3 is 5.97 Å². The summed E-state index contributed by atoms with van der Waals surface area (Å²) in [7, 11) is 0. The molecular formula is C17H20BrNO3. The highest BCUT2D eigenvalue weighted by atomic mass is 79.9. The van der Waals surface area contributed by atoms with Crippen molar-refractivity contribution < 1.29 is 14.3 Å². The maximum atomic E-state index is 11.2. The lowest BCUT2D eigenvalue weighted by molar-refractivity contribution is -0.139. The predicted octanol–water partition coefficient (Wildman–Crippen LogP) is 4.44. The maximum absolute atomic E-state index is 11.2. The number of rotatable bonds is 8. The Balaban J connectivity index is 1.96. The molecule has 1 aromatic carbocycles. The molecule has 0 aliphatic heterocycles. The maximum Gasteiger partial charge on any atom is 0.320 e. The summed E-state index contributed by atoms with van der Waals surface area (Å²) in [5.74, 6) is 0.707. The van der Waals surface area contributed by atoms with E-state index in [-0.39, 0.29) is 0 Å². The van der Waals surface area contributed by atoms with Crippen LogP contribution in [0.3, 0.4) is 0 Å². The number of hydrogen-bond donors (Lipinski definition) is 2. The second-order valence-electron chi connectivity index (χ2n) is 5.19. The van der Waals surface area contributed by atoms with Crippen molar-refractivity contribution in [2.45, 2.75) is 38.8 Å². The minimum absolute atomic E-state index is 0.414. The molecule has 4 nitrogen and oxygen atoms in total. The van der Waals surface area contributed by atoms with E-state index in [1.807, 2.05) is 36.4 Å². The van der Waals surface area contributed by atoms with Crippen molar-refractivity contribution in [1.82, 2.24) is 5.32 Å². The minimum atomic E-state index is -0.812. The van der Waals surface area contributed by atoms with E-state index in [4.69, 9.17) is 4.42 Å². The summed E-state index contributed by atoms with van der Waals surface area (Å²) >= 11 is 3.40. The SMILES string of the molecule is CCCC[C@H](NCc1ccc(-c2ccc(Br)cc2)o1)C(=O)O. The van der Waals surface area contributed by atoms with Crippen molar-refractivity contribution in [3.05, 3.63) is 46.6 Å². The number of hydrogen-bond acceptors (Lipinski definition) is 3. The number of nitrogens with one attached hydrogen (secondary N) is 1. The second-order valence-corrected chi connectivity index (χ2v) is 6.10. The Hall–Kier alpha value is -1.59. The summed E-state index contributed by atoms with van der Waals surface area (Å²) in [6.07, 6.45) is 2.51. The van der Waals surface area contributed by atoms with Gasteiger partial charge in [-0.3, -0.25) is 10.1 Å². The predicted molar refractivity (Wildman–Crippen MR) is 89.6 cm³/mol. The largest absolute Gasteiger partial charge is 0.480 e. The van der Waals surface area contributed by atoms with E-state index in [2.05, 4.69) is 28.2 Å². The van der Waals surface area contributed by atoms with Crippen LogP contribution in [-0.2, 0) is 11.3 Å². The highest BCUT2D eigenvalue weighted by Gasteiger charge is 2.16. The number of furan rings is 1. The molecule has 0 radical (unpaired) electrons. The number of aliphatic carboxylic acids is 1. The average molecular weight is 366 g/mol. The zero-order valence-corrected chi connectivity index (χ0v) is 14.1. The van der Waals surface area contributed by atoms with E-state index >= 15 is 0 Å². The first kappa shape index (κ1) is 16.8. The lowest BCUT2D eigenvalue weighted by Gasteiger charge is -2.12. The lowest BCUT2D eigenvalue weighted by atomic mass is 10.1. The molecule has 0 saturated heterocycles. The number of unbranched alkanes of at least 4 members (excludes halogenated alkanes) is 1. The summed E-state index contributed by atoms with van der Waals surface area (Å²) in [4.78, 5) is 11.2. The topological polar surface area (TPSA) is 62.5 Å². The van der Waals surface area contributed by atoms with E-state index in [0.29, 0.717) is 13.0 Å². The smallest absolute Gasteiger partial charge is 0.320 e. The van der Waals surface area contributed by atoms with E-state index < -0.39 is 12.0 Å². The first-order valence-electron chi connectivity index (χ1n) is 7.41. The van der Waals surface area contributed by atoms with Gasteiger partial charge in [0.15, 0.2) is 0 Å². The normalized spacial score (nSPS) is 12.3. The molecule has 22 heavy (non-hydrogen) atoms. The molecule has 0 spiro atoms. The van der Waals surface area contributed by atoms with Gasteiger partial charge in [-0.1, -0.05) is 47.8 Å². The van der Waals surface area contributed by atoms with Gasteiger partial charge in [-0.05, 0) is 30.7 Å². The van der Waals surface area contributed by atoms with Crippen LogP contribution in [0.4, 0.5) is 0 Å². The van der Waals surface area contributed by atoms with Gasteiger partial charge in [0.25, 0.3) is 0 Å². The third-order valence-electron chi connectivity index (χ3n) is 3.46. The molecule has 5 heteroatoms. The van der Waals surface area contributed by atoms with Gasteiger partial charge in [0.2, 0.25) is 0 Å². The fraction of sp³-hybridized carbons (Fsp3) is 0.353. The lowest BCUT2D eigenvalue weighted by Crippen LogP contribution is -2.36. The quantitative estimate of drug-likeness (QED) is 0.725. The van der Waals surface area contributed by atoms with E-state index in [1.54, 1.807) is 0 Å². The van der Waals surface area contributed by atoms with Crippen molar-refractivity contribution in [2.24, 2.45) is 0 Å². The first-order valence-corrected chi connectivity index (χ1v) is 8.20. The van der Waals surface area contributed by atoms with Gasteiger partial charge < -0.3 is 9.52 Å². The molecule has 0 saturated carbocycles. The molecule has 1 heterocycles. The average Bonchev–Trinajstić information content (AvgIpc) is 2.96. The Kier molecular flexibility index (Phi) is 6.21. The van der Waals surface area contributed by atoms with Crippen molar-refractivity contribution in [2.75, 3.05) is 0 Å². The molecule has 1 atom stereocenters. The summed E-state index contributed by atoms with van der Waals surface area (Å²) in [5.41, 5.74) is 0.996. The molecule has 0 fully saturated rings. The van der Waals surface area contributed by atoms with Gasteiger partial charge in [0.1, 0.15) is 17.6 Å². The summed E-state index contributed by atoms with van der Waals surface area (Å²) in [5, 5.41) is 12.2. The molecule has 0 amide bonds. The fourth-order valence-electron chi connectivity index (χ4n) is 2.19. The number of benzene rings is 1. The minimum Gasteiger partial charge on any atom is -0.480 e. The highest BCUT2D eigenvalue weighted by molar-refractivity contribution is 9.10. The summed E-state index contributed by atoms with van der Waals surface area (Å²) in [6.45, 7) is 2.47. The monoisotopic (exact) mass is 365 g/mol. The fourth-order valence-corrected chi connectivity index (χ4v) is 2.45. The molecule has 2 aromatic rings. The molecule has 0 aliphatic carbocycles. The third kappa shape index (κ3) is 4.71. The van der Waals surface area contributed by atoms with Crippen molar-refractivity contribution in [3.63, 3.8) is 0 Å². The zero-order valence-electron chi connectivity index (χ0n) is 12.5. The molecule has 118 valence electrons. The van der Waals surface area contributed by atoms with Crippen molar-refractivity contribution in [1.29, 1.82) is 0 Å². The van der Waals surface area contributed by atoms with Gasteiger partial charge in [-0.2, -0.15) is 0 Å². The van der Waals surface area contributed by atoms with Crippen LogP contribution in [0.1, 0.15) is 31.9 Å². The third-order valence-corrected chi connectivity index (χ3v) is 3.99. The molecule has 0 aliphatic rings. The summed E-state index contributed by atoms with van der Waals surface area (Å²) in [6, 6.07) is 11.1. The number of carboxylic acid groups (broad SMARTS) is 1. The first-order chi connectivity index (χ1) is 10.6. The van der Waals surface area contributed by atoms with Crippen LogP contribution in [0.2, 0.25) is 0 Å². The number of carboxylic acids is 1. The Bertz CT molecular complexity index is 607. The standard InChI is InChI=1S/C17H20BrNO3/c1-2-3-4-15(17(20)21)19-11-14-9-10-16(22-14)12-5-7-13(18)8-6-12/h5-10,15,19H,2-4,11H2,1H3,(H,20,21)/t15-/m0/s1. The van der Waals surface area contributed by atoms with Crippen LogP contribution >= 0.6 is 15.9 Å². The number of carbonyl (C=O) groups is 1. The second kappa shape index (κ2) is 8.15. The van der Waals surface area contributed by atoms with E-state index in [0.717, 1.165) is 34.4 Å². The van der Waals surface area contributed by atoms with Gasteiger partial charge in [-0.25, -0.2) is 0 Å². The Labute approximate surface area is 138 Å². The molecule has 0 unspecified atom stereocenters. The van der Waals surface area contributed by atoms with Crippen molar-refractivity contribution >= 4 is 21.9 Å². The van der Waals surface area contributed by atoms with Gasteiger partial charge in [0.05, 0.1) is 6.54 Å². The van der Waals surface area contributed by atoms with Gasteiger partial charge in [-0.15, -0.1) is 0 Å². The van der Waals surface area contributed by atoms with Crippen LogP contribution in [0, 0.1) is 0 Å². The van der Waals surface area contributed by atoms with Gasteiger partial charge in [0, 0.05) is 10.0 Å². The van der Waals surface area contributed by atoms with Crippen molar-refractivity contribution in [3.8, 4) is 11.3 Å². The molecule has 0 bridgehead atoms. The molecular weight excluding hydrogens is 346 g/mol. The van der Waals surface area contributed by atoms with E-state index in [9.17, 15) is 9.90 Å². The van der Waals surface area contributed by atoms with Crippen LogP contribution in [0.25, 0.3) is 11.3 Å². The number of halogens is 1. The molecule has 2 N–H and O–H groups in total.